The third-order valence-corrected chi connectivity index (χ3v) is 7.04. The van der Waals surface area contributed by atoms with Gasteiger partial charge in [0.2, 0.25) is 5.95 Å². The lowest BCUT2D eigenvalue weighted by Gasteiger charge is -2.24. The number of rotatable bonds is 7. The Morgan fingerprint density at radius 2 is 1.64 bits per heavy atom. The summed E-state index contributed by atoms with van der Waals surface area (Å²) in [6.45, 7) is 2.56. The summed E-state index contributed by atoms with van der Waals surface area (Å²) in [4.78, 5) is 10.1. The summed E-state index contributed by atoms with van der Waals surface area (Å²) in [6, 6.07) is 31.7. The van der Waals surface area contributed by atoms with Crippen LogP contribution in [0.25, 0.3) is 22.2 Å². The van der Waals surface area contributed by atoms with Gasteiger partial charge in [-0.05, 0) is 61.0 Å². The minimum absolute atomic E-state index is 0.154. The molecule has 194 valence electrons. The van der Waals surface area contributed by atoms with Gasteiger partial charge in [0.05, 0.1) is 36.7 Å². The van der Waals surface area contributed by atoms with Crippen molar-refractivity contribution in [3.63, 3.8) is 0 Å². The number of methoxy groups -OCH3 is 1. The van der Waals surface area contributed by atoms with Crippen molar-refractivity contribution in [3.05, 3.63) is 113 Å². The summed E-state index contributed by atoms with van der Waals surface area (Å²) in [5.41, 5.74) is 5.59. The summed E-state index contributed by atoms with van der Waals surface area (Å²) < 4.78 is 11.4. The molecule has 0 aliphatic carbocycles. The van der Waals surface area contributed by atoms with Gasteiger partial charge in [0, 0.05) is 28.0 Å². The van der Waals surface area contributed by atoms with Gasteiger partial charge >= 0.3 is 0 Å². The molecule has 6 nitrogen and oxygen atoms in total. The van der Waals surface area contributed by atoms with Crippen LogP contribution in [0.15, 0.2) is 102 Å². The van der Waals surface area contributed by atoms with E-state index in [1.165, 1.54) is 0 Å². The molecule has 1 aliphatic rings. The number of hydrogen-bond donors (Lipinski definition) is 0. The molecule has 0 unspecified atom stereocenters. The van der Waals surface area contributed by atoms with Crippen LogP contribution in [0.5, 0.6) is 11.5 Å². The fourth-order valence-corrected chi connectivity index (χ4v) is 5.12. The lowest BCUT2D eigenvalue weighted by molar-refractivity contribution is 0.334. The maximum absolute atomic E-state index is 6.39. The smallest absolute Gasteiger partial charge is 0.247 e. The molecule has 0 amide bonds. The Labute approximate surface area is 232 Å². The third kappa shape index (κ3) is 4.91. The molecular formula is C32H27ClN4O2. The van der Waals surface area contributed by atoms with E-state index in [1.54, 1.807) is 7.11 Å². The Bertz CT molecular complexity index is 1660. The zero-order chi connectivity index (χ0) is 26.8. The van der Waals surface area contributed by atoms with E-state index in [1.807, 2.05) is 103 Å². The minimum atomic E-state index is -0.154. The van der Waals surface area contributed by atoms with Crippen molar-refractivity contribution in [1.82, 2.24) is 9.97 Å². The second kappa shape index (κ2) is 10.8. The minimum Gasteiger partial charge on any atom is -0.497 e. The van der Waals surface area contributed by atoms with E-state index in [-0.39, 0.29) is 6.04 Å². The topological polar surface area (TPSA) is 59.8 Å². The van der Waals surface area contributed by atoms with E-state index < -0.39 is 0 Å². The molecule has 0 radical (unpaired) electrons. The number of fused-ring (bicyclic) bond motifs is 1. The fourth-order valence-electron chi connectivity index (χ4n) is 4.94. The molecule has 1 atom stereocenters. The first-order valence-electron chi connectivity index (χ1n) is 12.9. The normalized spacial score (nSPS) is 14.9. The Morgan fingerprint density at radius 1 is 0.872 bits per heavy atom. The van der Waals surface area contributed by atoms with Crippen LogP contribution < -0.4 is 14.5 Å². The van der Waals surface area contributed by atoms with Gasteiger partial charge in [-0.3, -0.25) is 0 Å². The lowest BCUT2D eigenvalue weighted by Crippen LogP contribution is -2.22. The molecule has 5 aromatic rings. The number of hydrogen-bond acceptors (Lipinski definition) is 6. The molecule has 2 heterocycles. The molecule has 6 rings (SSSR count). The van der Waals surface area contributed by atoms with Gasteiger partial charge < -0.3 is 9.47 Å². The van der Waals surface area contributed by atoms with E-state index in [2.05, 4.69) is 6.07 Å². The largest absolute Gasteiger partial charge is 0.497 e. The van der Waals surface area contributed by atoms with Gasteiger partial charge in [-0.15, -0.1) is 0 Å². The lowest BCUT2D eigenvalue weighted by atomic mass is 9.97. The molecule has 1 aliphatic heterocycles. The van der Waals surface area contributed by atoms with Crippen molar-refractivity contribution in [2.45, 2.75) is 19.4 Å². The zero-order valence-electron chi connectivity index (χ0n) is 21.7. The predicted octanol–water partition coefficient (Wildman–Crippen LogP) is 7.71. The second-order valence-electron chi connectivity index (χ2n) is 9.21. The van der Waals surface area contributed by atoms with Gasteiger partial charge in [-0.1, -0.05) is 60.1 Å². The number of nitrogens with zero attached hydrogens (tertiary/aromatic N) is 4. The predicted molar refractivity (Wildman–Crippen MR) is 157 cm³/mol. The van der Waals surface area contributed by atoms with Crippen LogP contribution in [-0.2, 0) is 0 Å². The van der Waals surface area contributed by atoms with Crippen LogP contribution in [0.4, 0.5) is 5.95 Å². The summed E-state index contributed by atoms with van der Waals surface area (Å²) >= 11 is 6.39. The maximum Gasteiger partial charge on any atom is 0.247 e. The number of aromatic nitrogens is 2. The van der Waals surface area contributed by atoms with Crippen LogP contribution in [0.3, 0.4) is 0 Å². The molecule has 0 saturated heterocycles. The highest BCUT2D eigenvalue weighted by molar-refractivity contribution is 6.31. The monoisotopic (exact) mass is 534 g/mol. The first kappa shape index (κ1) is 24.9. The van der Waals surface area contributed by atoms with Crippen molar-refractivity contribution < 1.29 is 9.47 Å². The van der Waals surface area contributed by atoms with E-state index in [4.69, 9.17) is 36.1 Å². The molecule has 0 saturated carbocycles. The number of benzene rings is 4. The zero-order valence-corrected chi connectivity index (χ0v) is 22.5. The van der Waals surface area contributed by atoms with E-state index in [0.717, 1.165) is 50.5 Å². The molecule has 4 aromatic carbocycles. The fraction of sp³-hybridized carbons (Fsp3) is 0.156. The first-order valence-corrected chi connectivity index (χ1v) is 13.3. The number of anilines is 1. The van der Waals surface area contributed by atoms with Gasteiger partial charge in [-0.25, -0.2) is 15.0 Å². The van der Waals surface area contributed by atoms with Gasteiger partial charge in [0.1, 0.15) is 11.5 Å². The molecule has 0 bridgehead atoms. The van der Waals surface area contributed by atoms with Gasteiger partial charge in [0.15, 0.2) is 0 Å². The van der Waals surface area contributed by atoms with Crippen molar-refractivity contribution in [2.75, 3.05) is 18.7 Å². The summed E-state index contributed by atoms with van der Waals surface area (Å²) in [5.74, 6) is 2.15. The molecule has 1 aromatic heterocycles. The molecule has 0 N–H and O–H groups in total. The van der Waals surface area contributed by atoms with Crippen LogP contribution in [0, 0.1) is 0 Å². The Kier molecular flexibility index (Phi) is 6.86. The van der Waals surface area contributed by atoms with Crippen LogP contribution in [-0.4, -0.2) is 29.4 Å². The highest BCUT2D eigenvalue weighted by atomic mass is 35.5. The van der Waals surface area contributed by atoms with Crippen LogP contribution >= 0.6 is 11.6 Å². The summed E-state index contributed by atoms with van der Waals surface area (Å²) in [7, 11) is 1.67. The molecule has 0 fully saturated rings. The first-order chi connectivity index (χ1) is 19.1. The third-order valence-electron chi connectivity index (χ3n) is 6.81. The second-order valence-corrected chi connectivity index (χ2v) is 9.65. The molecular weight excluding hydrogens is 508 g/mol. The average Bonchev–Trinajstić information content (AvgIpc) is 3.43. The van der Waals surface area contributed by atoms with Crippen molar-refractivity contribution in [1.29, 1.82) is 0 Å². The van der Waals surface area contributed by atoms with Crippen LogP contribution in [0.2, 0.25) is 5.02 Å². The van der Waals surface area contributed by atoms with Gasteiger partial charge in [0.25, 0.3) is 0 Å². The van der Waals surface area contributed by atoms with Crippen molar-refractivity contribution in [3.8, 4) is 22.8 Å². The Hall–Kier alpha value is -4.42. The van der Waals surface area contributed by atoms with E-state index in [0.29, 0.717) is 24.0 Å². The highest BCUT2D eigenvalue weighted by Gasteiger charge is 2.34. The summed E-state index contributed by atoms with van der Waals surface area (Å²) in [5, 5.41) is 8.56. The van der Waals surface area contributed by atoms with E-state index >= 15 is 0 Å². The number of para-hydroxylation sites is 1. The average molecular weight is 535 g/mol. The number of halogens is 1. The summed E-state index contributed by atoms with van der Waals surface area (Å²) in [6.07, 6.45) is 0.666. The van der Waals surface area contributed by atoms with Crippen molar-refractivity contribution in [2.24, 2.45) is 5.10 Å². The maximum atomic E-state index is 6.39. The molecule has 0 spiro atoms. The van der Waals surface area contributed by atoms with Crippen molar-refractivity contribution >= 4 is 34.2 Å². The molecule has 39 heavy (non-hydrogen) atoms. The number of ether oxygens (including phenoxy) is 2. The molecule has 7 heteroatoms. The van der Waals surface area contributed by atoms with Crippen LogP contribution in [0.1, 0.15) is 30.5 Å². The Balaban J connectivity index is 1.53. The SMILES string of the molecule is CCOc1ccccc1[C@H]1CC(c2ccc(OC)cc2)=NN1c1nc(-c2ccccc2)c2cc(Cl)ccc2n1. The quantitative estimate of drug-likeness (QED) is 0.214. The standard InChI is InChI=1S/C32H27ClN4O2/c1-3-39-30-12-8-7-11-25(30)29-20-28(21-13-16-24(38-2)17-14-21)36-37(29)32-34-27-18-15-23(33)19-26(27)31(35-32)22-9-5-4-6-10-22/h4-19,29H,3,20H2,1-2H3/t29-/m1/s1. The Morgan fingerprint density at radius 3 is 2.41 bits per heavy atom. The highest BCUT2D eigenvalue weighted by Crippen LogP contribution is 2.41. The number of hydrazone groups is 1. The van der Waals surface area contributed by atoms with E-state index in [9.17, 15) is 0 Å². The van der Waals surface area contributed by atoms with Gasteiger partial charge in [-0.2, -0.15) is 5.10 Å².